The molecule has 2 N–H and O–H groups in total. The predicted molar refractivity (Wildman–Crippen MR) is 124 cm³/mol. The smallest absolute Gasteiger partial charge is 0.134 e. The van der Waals surface area contributed by atoms with Crippen molar-refractivity contribution in [2.45, 2.75) is 58.5 Å². The molecule has 0 saturated carbocycles. The zero-order valence-corrected chi connectivity index (χ0v) is 19.1. The molecule has 2 atom stereocenters. The van der Waals surface area contributed by atoms with Crippen molar-refractivity contribution < 1.29 is 9.47 Å². The molecule has 0 aromatic carbocycles. The topological polar surface area (TPSA) is 63.9 Å². The van der Waals surface area contributed by atoms with E-state index in [2.05, 4.69) is 28.6 Å². The van der Waals surface area contributed by atoms with Crippen molar-refractivity contribution >= 4 is 11.5 Å². The fourth-order valence-electron chi connectivity index (χ4n) is 4.62. The molecule has 0 radical (unpaired) electrons. The van der Waals surface area contributed by atoms with Crippen molar-refractivity contribution in [3.8, 4) is 0 Å². The van der Waals surface area contributed by atoms with Crippen LogP contribution in [0.3, 0.4) is 0 Å². The van der Waals surface area contributed by atoms with Gasteiger partial charge >= 0.3 is 0 Å². The minimum atomic E-state index is 0.0784. The third kappa shape index (κ3) is 6.35. The Morgan fingerprint density at radius 3 is 2.67 bits per heavy atom. The van der Waals surface area contributed by atoms with E-state index in [9.17, 15) is 0 Å². The molecule has 2 aliphatic heterocycles. The third-order valence-electron chi connectivity index (χ3n) is 6.39. The molecule has 6 nitrogen and oxygen atoms in total. The third-order valence-corrected chi connectivity index (χ3v) is 6.39. The molecule has 0 aliphatic carbocycles. The van der Waals surface area contributed by atoms with Crippen LogP contribution in [0.1, 0.15) is 52.4 Å². The van der Waals surface area contributed by atoms with Gasteiger partial charge in [0.2, 0.25) is 0 Å². The first-order valence-electron chi connectivity index (χ1n) is 11.6. The van der Waals surface area contributed by atoms with Crippen LogP contribution in [0.25, 0.3) is 0 Å². The summed E-state index contributed by atoms with van der Waals surface area (Å²) in [6.45, 7) is 10.3. The highest BCUT2D eigenvalue weighted by Gasteiger charge is 2.29. The van der Waals surface area contributed by atoms with Crippen LogP contribution in [0.2, 0.25) is 0 Å². The highest BCUT2D eigenvalue weighted by Crippen LogP contribution is 2.31. The number of nitrogens with zero attached hydrogens (tertiary/aromatic N) is 3. The van der Waals surface area contributed by atoms with Gasteiger partial charge in [-0.25, -0.2) is 4.98 Å². The van der Waals surface area contributed by atoms with Gasteiger partial charge in [0.25, 0.3) is 0 Å². The zero-order chi connectivity index (χ0) is 21.3. The van der Waals surface area contributed by atoms with E-state index in [0.717, 1.165) is 44.7 Å². The molecule has 0 amide bonds. The van der Waals surface area contributed by atoms with Gasteiger partial charge in [-0.1, -0.05) is 13.3 Å². The van der Waals surface area contributed by atoms with Gasteiger partial charge in [0.15, 0.2) is 0 Å². The first-order chi connectivity index (χ1) is 14.6. The minimum absolute atomic E-state index is 0.0784. The molecular formula is C24H40N4O2. The number of aromatic nitrogens is 1. The minimum Gasteiger partial charge on any atom is -0.491 e. The molecule has 2 aliphatic rings. The van der Waals surface area contributed by atoms with E-state index in [1.165, 1.54) is 43.7 Å². The molecule has 1 aromatic heterocycles. The molecular weight excluding hydrogens is 376 g/mol. The van der Waals surface area contributed by atoms with E-state index in [-0.39, 0.29) is 6.10 Å². The van der Waals surface area contributed by atoms with Crippen LogP contribution in [0.4, 0.5) is 11.5 Å². The van der Waals surface area contributed by atoms with Crippen LogP contribution < -0.4 is 10.6 Å². The van der Waals surface area contributed by atoms with Crippen molar-refractivity contribution in [2.24, 2.45) is 5.92 Å². The zero-order valence-electron chi connectivity index (χ0n) is 19.1. The molecule has 3 heterocycles. The van der Waals surface area contributed by atoms with Crippen LogP contribution in [0.5, 0.6) is 0 Å². The lowest BCUT2D eigenvalue weighted by atomic mass is 9.92. The number of pyridine rings is 1. The first-order valence-corrected chi connectivity index (χ1v) is 11.6. The number of ether oxygens (including phenoxy) is 2. The summed E-state index contributed by atoms with van der Waals surface area (Å²) in [4.78, 5) is 9.46. The number of methoxy groups -OCH3 is 1. The summed E-state index contributed by atoms with van der Waals surface area (Å²) < 4.78 is 12.3. The molecule has 168 valence electrons. The number of anilines is 2. The molecule has 2 fully saturated rings. The van der Waals surface area contributed by atoms with Gasteiger partial charge in [-0.2, -0.15) is 0 Å². The van der Waals surface area contributed by atoms with Crippen molar-refractivity contribution in [1.29, 1.82) is 0 Å². The summed E-state index contributed by atoms with van der Waals surface area (Å²) in [6, 6.07) is 3.96. The second kappa shape index (κ2) is 11.6. The first kappa shape index (κ1) is 22.9. The Bertz CT molecular complexity index is 670. The van der Waals surface area contributed by atoms with Gasteiger partial charge in [-0.05, 0) is 69.8 Å². The summed E-state index contributed by atoms with van der Waals surface area (Å²) in [5.41, 5.74) is 7.89. The van der Waals surface area contributed by atoms with E-state index < -0.39 is 0 Å². The maximum Gasteiger partial charge on any atom is 0.134 e. The van der Waals surface area contributed by atoms with Crippen molar-refractivity contribution in [2.75, 3.05) is 57.1 Å². The fraction of sp³-hybridized carbons (Fsp3) is 0.708. The van der Waals surface area contributed by atoms with Gasteiger partial charge in [0, 0.05) is 32.7 Å². The predicted octanol–water partition coefficient (Wildman–Crippen LogP) is 4.08. The number of piperidine rings is 2. The number of allylic oxidation sites excluding steroid dienone is 1. The van der Waals surface area contributed by atoms with Gasteiger partial charge in [0.1, 0.15) is 17.7 Å². The van der Waals surface area contributed by atoms with E-state index in [0.29, 0.717) is 18.2 Å². The number of nitrogens with two attached hydrogens (primary N) is 1. The SMILES string of the molecule is CCC(C)=C(OC(COC)CN1CCCCC1)C1CCCN(c2ccc(N)cn2)C1. The van der Waals surface area contributed by atoms with Gasteiger partial charge in [0.05, 0.1) is 18.5 Å². The number of nitrogen functional groups attached to an aromatic ring is 1. The lowest BCUT2D eigenvalue weighted by Crippen LogP contribution is -2.41. The number of likely N-dealkylation sites (tertiary alicyclic amines) is 1. The van der Waals surface area contributed by atoms with Crippen LogP contribution in [-0.4, -0.2) is 62.4 Å². The van der Waals surface area contributed by atoms with E-state index in [1.54, 1.807) is 13.3 Å². The Morgan fingerprint density at radius 2 is 2.00 bits per heavy atom. The molecule has 2 unspecified atom stereocenters. The van der Waals surface area contributed by atoms with Crippen molar-refractivity contribution in [3.63, 3.8) is 0 Å². The van der Waals surface area contributed by atoms with Crippen molar-refractivity contribution in [1.82, 2.24) is 9.88 Å². The summed E-state index contributed by atoms with van der Waals surface area (Å²) in [5.74, 6) is 2.57. The lowest BCUT2D eigenvalue weighted by molar-refractivity contribution is -0.00197. The van der Waals surface area contributed by atoms with Gasteiger partial charge in [-0.3, -0.25) is 4.90 Å². The second-order valence-electron chi connectivity index (χ2n) is 8.79. The molecule has 30 heavy (non-hydrogen) atoms. The van der Waals surface area contributed by atoms with Crippen molar-refractivity contribution in [3.05, 3.63) is 29.7 Å². The second-order valence-corrected chi connectivity index (χ2v) is 8.79. The highest BCUT2D eigenvalue weighted by molar-refractivity contribution is 5.46. The Hall–Kier alpha value is -1.79. The fourth-order valence-corrected chi connectivity index (χ4v) is 4.62. The molecule has 6 heteroatoms. The van der Waals surface area contributed by atoms with Crippen LogP contribution in [-0.2, 0) is 9.47 Å². The quantitative estimate of drug-likeness (QED) is 0.612. The van der Waals surface area contributed by atoms with Crippen LogP contribution in [0, 0.1) is 5.92 Å². The molecule has 2 saturated heterocycles. The monoisotopic (exact) mass is 416 g/mol. The molecule has 0 spiro atoms. The average Bonchev–Trinajstić information content (AvgIpc) is 2.78. The van der Waals surface area contributed by atoms with Crippen LogP contribution >= 0.6 is 0 Å². The lowest BCUT2D eigenvalue weighted by Gasteiger charge is -2.37. The molecule has 1 aromatic rings. The molecule has 0 bridgehead atoms. The summed E-state index contributed by atoms with van der Waals surface area (Å²) >= 11 is 0. The number of hydrogen-bond donors (Lipinski definition) is 1. The average molecular weight is 417 g/mol. The van der Waals surface area contributed by atoms with Gasteiger partial charge in [-0.15, -0.1) is 0 Å². The summed E-state index contributed by atoms with van der Waals surface area (Å²) in [7, 11) is 1.78. The Balaban J connectivity index is 1.71. The van der Waals surface area contributed by atoms with E-state index >= 15 is 0 Å². The summed E-state index contributed by atoms with van der Waals surface area (Å²) in [6.07, 6.45) is 9.07. The number of rotatable bonds is 9. The maximum atomic E-state index is 6.74. The van der Waals surface area contributed by atoms with E-state index in [1.807, 2.05) is 12.1 Å². The maximum absolute atomic E-state index is 6.74. The largest absolute Gasteiger partial charge is 0.491 e. The Kier molecular flexibility index (Phi) is 8.82. The number of hydrogen-bond acceptors (Lipinski definition) is 6. The highest BCUT2D eigenvalue weighted by atomic mass is 16.5. The summed E-state index contributed by atoms with van der Waals surface area (Å²) in [5, 5.41) is 0. The van der Waals surface area contributed by atoms with Gasteiger partial charge < -0.3 is 20.1 Å². The molecule has 3 rings (SSSR count). The van der Waals surface area contributed by atoms with Crippen LogP contribution in [0.15, 0.2) is 29.7 Å². The Morgan fingerprint density at radius 1 is 1.20 bits per heavy atom. The van der Waals surface area contributed by atoms with E-state index in [4.69, 9.17) is 15.2 Å². The Labute approximate surface area is 182 Å². The standard InChI is InChI=1S/C24H40N4O2/c1-4-19(2)24(30-22(18-29-3)17-27-12-6-5-7-13-27)20-9-8-14-28(16-20)23-11-10-21(25)15-26-23/h10-11,15,20,22H,4-9,12-14,16-18,25H2,1-3H3. The normalized spacial score (nSPS) is 22.5.